The smallest absolute Gasteiger partial charge is 0.261 e. The Morgan fingerprint density at radius 2 is 1.93 bits per heavy atom. The third-order valence-electron chi connectivity index (χ3n) is 3.89. The van der Waals surface area contributed by atoms with Crippen molar-refractivity contribution in [3.63, 3.8) is 0 Å². The summed E-state index contributed by atoms with van der Waals surface area (Å²) >= 11 is 14.8. The minimum absolute atomic E-state index is 0.0635. The van der Waals surface area contributed by atoms with Crippen LogP contribution in [0.25, 0.3) is 0 Å². The second kappa shape index (κ2) is 10.6. The maximum absolute atomic E-state index is 12.7. The Morgan fingerprint density at radius 1 is 1.21 bits per heavy atom. The first-order chi connectivity index (χ1) is 13.7. The summed E-state index contributed by atoms with van der Waals surface area (Å²) in [5, 5.41) is 8.75. The normalized spacial score (nSPS) is 10.2. The third-order valence-corrected chi connectivity index (χ3v) is 4.88. The molecule has 0 bridgehead atoms. The van der Waals surface area contributed by atoms with Crippen molar-refractivity contribution in [3.05, 3.63) is 51.0 Å². The zero-order chi connectivity index (χ0) is 21.6. The van der Waals surface area contributed by atoms with Gasteiger partial charge in [0.25, 0.3) is 5.91 Å². The quantitative estimate of drug-likeness (QED) is 0.472. The van der Waals surface area contributed by atoms with Crippen LogP contribution >= 0.6 is 39.7 Å². The maximum Gasteiger partial charge on any atom is 0.261 e. The molecule has 0 aliphatic carbocycles. The van der Waals surface area contributed by atoms with Crippen LogP contribution in [0.4, 0.5) is 11.4 Å². The van der Waals surface area contributed by atoms with E-state index in [-0.39, 0.29) is 11.0 Å². The van der Waals surface area contributed by atoms with E-state index in [0.29, 0.717) is 34.1 Å². The van der Waals surface area contributed by atoms with E-state index in [1.54, 1.807) is 24.3 Å². The zero-order valence-electron chi connectivity index (χ0n) is 16.2. The van der Waals surface area contributed by atoms with Crippen LogP contribution in [0.15, 0.2) is 34.8 Å². The third kappa shape index (κ3) is 6.42. The fourth-order valence-corrected chi connectivity index (χ4v) is 3.58. The number of carbonyl (C=O) groups excluding carboxylic acids is 2. The number of amides is 2. The van der Waals surface area contributed by atoms with Gasteiger partial charge in [-0.3, -0.25) is 14.9 Å². The summed E-state index contributed by atoms with van der Waals surface area (Å²) in [6, 6.07) is 8.48. The molecule has 2 amide bonds. The second-order valence-electron chi connectivity index (χ2n) is 6.20. The molecule has 6 nitrogen and oxygen atoms in total. The number of anilines is 2. The Morgan fingerprint density at radius 3 is 2.59 bits per heavy atom. The van der Waals surface area contributed by atoms with Crippen molar-refractivity contribution in [2.24, 2.45) is 0 Å². The van der Waals surface area contributed by atoms with Crippen molar-refractivity contribution in [1.82, 2.24) is 5.32 Å². The van der Waals surface area contributed by atoms with E-state index in [9.17, 15) is 9.59 Å². The summed E-state index contributed by atoms with van der Waals surface area (Å²) in [7, 11) is 1.50. The average molecular weight is 499 g/mol. The van der Waals surface area contributed by atoms with Crippen LogP contribution in [-0.2, 0) is 4.79 Å². The van der Waals surface area contributed by atoms with Crippen molar-refractivity contribution in [2.75, 3.05) is 17.7 Å². The molecule has 0 saturated carbocycles. The first kappa shape index (κ1) is 23.1. The lowest BCUT2D eigenvalue weighted by atomic mass is 10.1. The van der Waals surface area contributed by atoms with Crippen LogP contribution in [0, 0.1) is 6.92 Å². The van der Waals surface area contributed by atoms with Crippen LogP contribution in [0.3, 0.4) is 0 Å². The van der Waals surface area contributed by atoms with E-state index in [1.807, 2.05) is 19.9 Å². The molecule has 9 heteroatoms. The second-order valence-corrected chi connectivity index (χ2v) is 7.94. The fraction of sp³-hybridized carbons (Fsp3) is 0.250. The van der Waals surface area contributed by atoms with E-state index in [1.165, 1.54) is 7.11 Å². The van der Waals surface area contributed by atoms with Gasteiger partial charge in [0.05, 0.1) is 23.4 Å². The number of benzene rings is 2. The number of nitrogens with one attached hydrogen (secondary N) is 3. The molecule has 2 aromatic carbocycles. The number of carbonyl (C=O) groups is 2. The van der Waals surface area contributed by atoms with Crippen LogP contribution < -0.4 is 20.7 Å². The molecular formula is C20H21BrClN3O3S. The summed E-state index contributed by atoms with van der Waals surface area (Å²) in [5.41, 5.74) is 2.19. The highest BCUT2D eigenvalue weighted by Crippen LogP contribution is 2.28. The van der Waals surface area contributed by atoms with Crippen molar-refractivity contribution in [3.8, 4) is 5.75 Å². The highest BCUT2D eigenvalue weighted by molar-refractivity contribution is 9.10. The number of thiocarbonyl (C=S) groups is 1. The van der Waals surface area contributed by atoms with Gasteiger partial charge >= 0.3 is 0 Å². The minimum atomic E-state index is -0.424. The van der Waals surface area contributed by atoms with Crippen LogP contribution in [0.2, 0.25) is 5.02 Å². The van der Waals surface area contributed by atoms with Crippen molar-refractivity contribution in [2.45, 2.75) is 26.7 Å². The van der Waals surface area contributed by atoms with E-state index >= 15 is 0 Å². The van der Waals surface area contributed by atoms with Crippen molar-refractivity contribution >= 4 is 68.1 Å². The molecule has 3 N–H and O–H groups in total. The van der Waals surface area contributed by atoms with Crippen molar-refractivity contribution < 1.29 is 14.3 Å². The van der Waals surface area contributed by atoms with Gasteiger partial charge in [-0.05, 0) is 61.5 Å². The first-order valence-corrected chi connectivity index (χ1v) is 10.4. The molecular weight excluding hydrogens is 478 g/mol. The van der Waals surface area contributed by atoms with Gasteiger partial charge in [0.15, 0.2) is 5.11 Å². The summed E-state index contributed by atoms with van der Waals surface area (Å²) in [4.78, 5) is 24.5. The van der Waals surface area contributed by atoms with Crippen LogP contribution in [0.1, 0.15) is 35.7 Å². The predicted molar refractivity (Wildman–Crippen MR) is 124 cm³/mol. The molecule has 0 aromatic heterocycles. The van der Waals surface area contributed by atoms with E-state index in [0.717, 1.165) is 16.5 Å². The van der Waals surface area contributed by atoms with Gasteiger partial charge in [-0.2, -0.15) is 0 Å². The molecule has 0 atom stereocenters. The van der Waals surface area contributed by atoms with Crippen molar-refractivity contribution in [1.29, 1.82) is 0 Å². The first-order valence-electron chi connectivity index (χ1n) is 8.81. The topological polar surface area (TPSA) is 79.5 Å². The molecule has 2 aromatic rings. The Bertz CT molecular complexity index is 953. The van der Waals surface area contributed by atoms with E-state index < -0.39 is 5.91 Å². The van der Waals surface area contributed by atoms with Gasteiger partial charge in [-0.15, -0.1) is 0 Å². The Kier molecular flexibility index (Phi) is 8.43. The summed E-state index contributed by atoms with van der Waals surface area (Å²) < 4.78 is 6.09. The molecule has 0 heterocycles. The lowest BCUT2D eigenvalue weighted by molar-refractivity contribution is -0.116. The highest BCUT2D eigenvalue weighted by atomic mass is 79.9. The molecule has 0 aliphatic heterocycles. The fourth-order valence-electron chi connectivity index (χ4n) is 2.64. The largest absolute Gasteiger partial charge is 0.496 e. The molecule has 29 heavy (non-hydrogen) atoms. The lowest BCUT2D eigenvalue weighted by Crippen LogP contribution is -2.34. The van der Waals surface area contributed by atoms with Gasteiger partial charge in [0.2, 0.25) is 5.91 Å². The molecule has 0 spiro atoms. The van der Waals surface area contributed by atoms with Gasteiger partial charge < -0.3 is 15.4 Å². The SMILES string of the molecule is CCCC(=O)Nc1ccc(Cl)c(NC(=S)NC(=O)c2cc(Br)cc(C)c2OC)c1. The number of methoxy groups -OCH3 is 1. The molecule has 0 fully saturated rings. The van der Waals surface area contributed by atoms with Gasteiger partial charge in [-0.1, -0.05) is 34.5 Å². The number of hydrogen-bond acceptors (Lipinski definition) is 4. The summed E-state index contributed by atoms with van der Waals surface area (Å²) in [5.74, 6) is -0.0480. The van der Waals surface area contributed by atoms with E-state index in [4.69, 9.17) is 28.6 Å². The van der Waals surface area contributed by atoms with Gasteiger partial charge in [-0.25, -0.2) is 0 Å². The van der Waals surface area contributed by atoms with Crippen LogP contribution in [-0.4, -0.2) is 24.0 Å². The summed E-state index contributed by atoms with van der Waals surface area (Å²) in [6.45, 7) is 3.77. The molecule has 154 valence electrons. The molecule has 0 unspecified atom stereocenters. The van der Waals surface area contributed by atoms with Gasteiger partial charge in [0, 0.05) is 16.6 Å². The van der Waals surface area contributed by atoms with Crippen LogP contribution in [0.5, 0.6) is 5.75 Å². The monoisotopic (exact) mass is 497 g/mol. The Balaban J connectivity index is 2.13. The van der Waals surface area contributed by atoms with Gasteiger partial charge in [0.1, 0.15) is 5.75 Å². The number of halogens is 2. The molecule has 0 aliphatic rings. The Labute approximate surface area is 188 Å². The number of aryl methyl sites for hydroxylation is 1. The lowest BCUT2D eigenvalue weighted by Gasteiger charge is -2.15. The zero-order valence-corrected chi connectivity index (χ0v) is 19.3. The predicted octanol–water partition coefficient (Wildman–Crippen LogP) is 5.28. The summed E-state index contributed by atoms with van der Waals surface area (Å²) in [6.07, 6.45) is 1.17. The minimum Gasteiger partial charge on any atom is -0.496 e. The highest BCUT2D eigenvalue weighted by Gasteiger charge is 2.17. The average Bonchev–Trinajstić information content (AvgIpc) is 2.64. The molecule has 0 radical (unpaired) electrons. The number of rotatable bonds is 6. The number of hydrogen-bond donors (Lipinski definition) is 3. The number of ether oxygens (including phenoxy) is 1. The standard InChI is InChI=1S/C20H21BrClN3O3S/c1-4-5-17(26)23-13-6-7-15(22)16(10-13)24-20(29)25-19(27)14-9-12(21)8-11(2)18(14)28-3/h6-10H,4-5H2,1-3H3,(H,23,26)(H2,24,25,27,29). The maximum atomic E-state index is 12.7. The van der Waals surface area contributed by atoms with E-state index in [2.05, 4.69) is 31.9 Å². The molecule has 2 rings (SSSR count). The Hall–Kier alpha value is -2.16. The molecule has 0 saturated heterocycles.